The molecule has 2 N–H and O–H groups in total. The summed E-state index contributed by atoms with van der Waals surface area (Å²) in [5, 5.41) is 10.8. The molecule has 0 aromatic heterocycles. The van der Waals surface area contributed by atoms with E-state index in [1.54, 1.807) is 12.1 Å². The minimum Gasteiger partial charge on any atom is -0.490 e. The quantitative estimate of drug-likeness (QED) is 0.631. The molecule has 0 bridgehead atoms. The number of rotatable bonds is 5. The molecule has 5 nitrogen and oxygen atoms in total. The number of nitrogens with two attached hydrogens (primary N) is 1. The van der Waals surface area contributed by atoms with Crippen molar-refractivity contribution in [2.75, 3.05) is 7.11 Å². The summed E-state index contributed by atoms with van der Waals surface area (Å²) in [5.74, 6) is 0.428. The van der Waals surface area contributed by atoms with Gasteiger partial charge in [-0.1, -0.05) is 19.9 Å². The largest absolute Gasteiger partial charge is 0.490 e. The topological polar surface area (TPSA) is 78.4 Å². The van der Waals surface area contributed by atoms with Gasteiger partial charge in [0.25, 0.3) is 0 Å². The first-order valence-electron chi connectivity index (χ1n) is 5.59. The van der Waals surface area contributed by atoms with Crippen LogP contribution < -0.4 is 10.5 Å². The van der Waals surface area contributed by atoms with Crippen molar-refractivity contribution in [1.29, 1.82) is 0 Å². The molecule has 0 amide bonds. The van der Waals surface area contributed by atoms with Gasteiger partial charge in [0.15, 0.2) is 5.75 Å². The van der Waals surface area contributed by atoms with E-state index in [-0.39, 0.29) is 23.4 Å². The highest BCUT2D eigenvalue weighted by Gasteiger charge is 2.19. The summed E-state index contributed by atoms with van der Waals surface area (Å²) in [4.78, 5) is 10.3. The molecular formula is C12H18N2O3. The summed E-state index contributed by atoms with van der Waals surface area (Å²) in [6.07, 6.45) is 0.862. The summed E-state index contributed by atoms with van der Waals surface area (Å²) in [6.45, 7) is 4.03. The first-order chi connectivity index (χ1) is 8.01. The Kier molecular flexibility index (Phi) is 4.45. The molecule has 0 saturated carbocycles. The van der Waals surface area contributed by atoms with Crippen LogP contribution in [0.15, 0.2) is 18.2 Å². The Labute approximate surface area is 101 Å². The minimum absolute atomic E-state index is 0.0199. The predicted molar refractivity (Wildman–Crippen MR) is 66.3 cm³/mol. The number of nitro benzene ring substituents is 1. The van der Waals surface area contributed by atoms with E-state index in [1.807, 2.05) is 13.8 Å². The van der Waals surface area contributed by atoms with Crippen LogP contribution in [0.3, 0.4) is 0 Å². The normalized spacial score (nSPS) is 14.1. The van der Waals surface area contributed by atoms with Crippen LogP contribution in [0, 0.1) is 10.1 Å². The van der Waals surface area contributed by atoms with Crippen LogP contribution in [0.1, 0.15) is 31.7 Å². The van der Waals surface area contributed by atoms with E-state index in [4.69, 9.17) is 10.5 Å². The van der Waals surface area contributed by atoms with Crippen LogP contribution in [0.2, 0.25) is 0 Å². The molecular weight excluding hydrogens is 220 g/mol. The van der Waals surface area contributed by atoms with Crippen LogP contribution >= 0.6 is 0 Å². The number of hydrogen-bond acceptors (Lipinski definition) is 4. The maximum atomic E-state index is 10.8. The highest BCUT2D eigenvalue weighted by Crippen LogP contribution is 2.31. The van der Waals surface area contributed by atoms with Crippen molar-refractivity contribution in [3.05, 3.63) is 33.9 Å². The Bertz CT molecular complexity index is 407. The third-order valence-corrected chi connectivity index (χ3v) is 3.04. The SMILES string of the molecule is CCC(N)C(C)c1ccc([N+](=O)[O-])c(OC)c1. The zero-order chi connectivity index (χ0) is 13.0. The Morgan fingerprint density at radius 2 is 2.18 bits per heavy atom. The zero-order valence-electron chi connectivity index (χ0n) is 10.3. The van der Waals surface area contributed by atoms with Crippen molar-refractivity contribution in [3.8, 4) is 5.75 Å². The molecule has 1 aromatic rings. The lowest BCUT2D eigenvalue weighted by molar-refractivity contribution is -0.385. The number of hydrogen-bond donors (Lipinski definition) is 1. The second kappa shape index (κ2) is 5.63. The lowest BCUT2D eigenvalue weighted by Crippen LogP contribution is -2.25. The molecule has 5 heteroatoms. The van der Waals surface area contributed by atoms with E-state index in [0.29, 0.717) is 0 Å². The number of nitrogens with zero attached hydrogens (tertiary/aromatic N) is 1. The lowest BCUT2D eigenvalue weighted by Gasteiger charge is -2.19. The second-order valence-electron chi connectivity index (χ2n) is 4.05. The van der Waals surface area contributed by atoms with Gasteiger partial charge >= 0.3 is 5.69 Å². The van der Waals surface area contributed by atoms with Gasteiger partial charge in [-0.05, 0) is 24.0 Å². The fourth-order valence-corrected chi connectivity index (χ4v) is 1.73. The molecule has 0 heterocycles. The summed E-state index contributed by atoms with van der Waals surface area (Å²) in [7, 11) is 1.43. The van der Waals surface area contributed by atoms with Gasteiger partial charge < -0.3 is 10.5 Å². The van der Waals surface area contributed by atoms with Gasteiger partial charge in [-0.3, -0.25) is 10.1 Å². The minimum atomic E-state index is -0.451. The second-order valence-corrected chi connectivity index (χ2v) is 4.05. The fourth-order valence-electron chi connectivity index (χ4n) is 1.73. The van der Waals surface area contributed by atoms with E-state index in [9.17, 15) is 10.1 Å². The molecule has 0 fully saturated rings. The molecule has 0 aliphatic heterocycles. The first kappa shape index (κ1) is 13.4. The van der Waals surface area contributed by atoms with Crippen molar-refractivity contribution < 1.29 is 9.66 Å². The molecule has 0 aliphatic carbocycles. The average molecular weight is 238 g/mol. The monoisotopic (exact) mass is 238 g/mol. The maximum absolute atomic E-state index is 10.8. The summed E-state index contributed by atoms with van der Waals surface area (Å²) < 4.78 is 5.03. The van der Waals surface area contributed by atoms with Gasteiger partial charge in [0.1, 0.15) is 0 Å². The Morgan fingerprint density at radius 3 is 2.65 bits per heavy atom. The van der Waals surface area contributed by atoms with Gasteiger partial charge in [-0.25, -0.2) is 0 Å². The molecule has 0 spiro atoms. The standard InChI is InChI=1S/C12H18N2O3/c1-4-10(13)8(2)9-5-6-11(14(15)16)12(7-9)17-3/h5-8,10H,4,13H2,1-3H3. The molecule has 1 aromatic carbocycles. The zero-order valence-corrected chi connectivity index (χ0v) is 10.3. The number of nitro groups is 1. The maximum Gasteiger partial charge on any atom is 0.310 e. The molecule has 0 saturated heterocycles. The van der Waals surface area contributed by atoms with Gasteiger partial charge in [-0.15, -0.1) is 0 Å². The molecule has 17 heavy (non-hydrogen) atoms. The Morgan fingerprint density at radius 1 is 1.53 bits per heavy atom. The van der Waals surface area contributed by atoms with Crippen molar-refractivity contribution in [2.45, 2.75) is 32.2 Å². The predicted octanol–water partition coefficient (Wildman–Crippen LogP) is 2.44. The van der Waals surface area contributed by atoms with Crippen LogP contribution in [0.25, 0.3) is 0 Å². The van der Waals surface area contributed by atoms with Gasteiger partial charge in [-0.2, -0.15) is 0 Å². The van der Waals surface area contributed by atoms with E-state index >= 15 is 0 Å². The van der Waals surface area contributed by atoms with Crippen LogP contribution in [0.5, 0.6) is 5.75 Å². The molecule has 2 atom stereocenters. The van der Waals surface area contributed by atoms with Gasteiger partial charge in [0.2, 0.25) is 0 Å². The smallest absolute Gasteiger partial charge is 0.310 e. The number of methoxy groups -OCH3 is 1. The highest BCUT2D eigenvalue weighted by atomic mass is 16.6. The first-order valence-corrected chi connectivity index (χ1v) is 5.59. The van der Waals surface area contributed by atoms with E-state index < -0.39 is 4.92 Å². The molecule has 0 aliphatic rings. The van der Waals surface area contributed by atoms with E-state index in [2.05, 4.69) is 0 Å². The number of ether oxygens (including phenoxy) is 1. The van der Waals surface area contributed by atoms with Crippen molar-refractivity contribution in [2.24, 2.45) is 5.73 Å². The van der Waals surface area contributed by atoms with Crippen molar-refractivity contribution >= 4 is 5.69 Å². The van der Waals surface area contributed by atoms with Crippen LogP contribution in [-0.2, 0) is 0 Å². The molecule has 2 unspecified atom stereocenters. The van der Waals surface area contributed by atoms with Crippen LogP contribution in [0.4, 0.5) is 5.69 Å². The fraction of sp³-hybridized carbons (Fsp3) is 0.500. The molecule has 1 rings (SSSR count). The average Bonchev–Trinajstić information content (AvgIpc) is 2.35. The van der Waals surface area contributed by atoms with Crippen molar-refractivity contribution in [1.82, 2.24) is 0 Å². The summed E-state index contributed by atoms with van der Waals surface area (Å²) in [6, 6.07) is 4.94. The van der Waals surface area contributed by atoms with E-state index in [1.165, 1.54) is 13.2 Å². The van der Waals surface area contributed by atoms with Crippen LogP contribution in [-0.4, -0.2) is 18.1 Å². The summed E-state index contributed by atoms with van der Waals surface area (Å²) >= 11 is 0. The molecule has 0 radical (unpaired) electrons. The lowest BCUT2D eigenvalue weighted by atomic mass is 9.92. The van der Waals surface area contributed by atoms with Gasteiger partial charge in [0, 0.05) is 12.1 Å². The van der Waals surface area contributed by atoms with Gasteiger partial charge in [0.05, 0.1) is 12.0 Å². The summed E-state index contributed by atoms with van der Waals surface area (Å²) in [5.41, 5.74) is 6.90. The Hall–Kier alpha value is -1.62. The van der Waals surface area contributed by atoms with E-state index in [0.717, 1.165) is 12.0 Å². The third kappa shape index (κ3) is 2.94. The highest BCUT2D eigenvalue weighted by molar-refractivity contribution is 5.49. The number of benzene rings is 1. The van der Waals surface area contributed by atoms with Crippen molar-refractivity contribution in [3.63, 3.8) is 0 Å². The molecule has 94 valence electrons. The Balaban J connectivity index is 3.09. The third-order valence-electron chi connectivity index (χ3n) is 3.04.